The predicted octanol–water partition coefficient (Wildman–Crippen LogP) is 2.37. The van der Waals surface area contributed by atoms with E-state index in [0.29, 0.717) is 22.9 Å². The summed E-state index contributed by atoms with van der Waals surface area (Å²) in [4.78, 5) is 4.01. The molecule has 2 rings (SSSR count). The smallest absolute Gasteiger partial charge is 0.228 e. The summed E-state index contributed by atoms with van der Waals surface area (Å²) in [6.07, 6.45) is 1.60. The molecule has 14 heavy (non-hydrogen) atoms. The van der Waals surface area contributed by atoms with E-state index in [-0.39, 0.29) is 5.82 Å². The normalized spacial score (nSPS) is 10.4. The number of oxazole rings is 1. The number of nitrogens with two attached hydrogens (primary N) is 1. The number of aryl methyl sites for hydroxylation is 1. The van der Waals surface area contributed by atoms with Crippen molar-refractivity contribution in [3.63, 3.8) is 0 Å². The molecule has 1 aromatic carbocycles. The molecule has 0 saturated heterocycles. The maximum Gasteiger partial charge on any atom is 0.228 e. The number of rotatable bonds is 1. The zero-order valence-corrected chi connectivity index (χ0v) is 7.62. The van der Waals surface area contributed by atoms with Crippen molar-refractivity contribution in [2.24, 2.45) is 0 Å². The quantitative estimate of drug-likeness (QED) is 0.705. The lowest BCUT2D eigenvalue weighted by atomic mass is 10.2. The first kappa shape index (κ1) is 8.74. The molecule has 0 aliphatic heterocycles. The molecular weight excluding hydrogens is 183 g/mol. The fourth-order valence-electron chi connectivity index (χ4n) is 1.21. The van der Waals surface area contributed by atoms with Gasteiger partial charge in [0, 0.05) is 5.69 Å². The van der Waals surface area contributed by atoms with Gasteiger partial charge in [0.15, 0.2) is 0 Å². The summed E-state index contributed by atoms with van der Waals surface area (Å²) in [6, 6.07) is 4.12. The molecule has 3 nitrogen and oxygen atoms in total. The van der Waals surface area contributed by atoms with Gasteiger partial charge in [-0.05, 0) is 25.1 Å². The SMILES string of the molecule is Cc1cnc(-c2ccc(F)cc2N)o1. The topological polar surface area (TPSA) is 52.0 Å². The summed E-state index contributed by atoms with van der Waals surface area (Å²) >= 11 is 0. The summed E-state index contributed by atoms with van der Waals surface area (Å²) < 4.78 is 18.0. The average Bonchev–Trinajstić information content (AvgIpc) is 2.51. The van der Waals surface area contributed by atoms with Crippen LogP contribution in [0.5, 0.6) is 0 Å². The molecule has 2 aromatic rings. The van der Waals surface area contributed by atoms with E-state index in [1.54, 1.807) is 19.2 Å². The number of aromatic nitrogens is 1. The van der Waals surface area contributed by atoms with Crippen LogP contribution in [-0.4, -0.2) is 4.98 Å². The third-order valence-electron chi connectivity index (χ3n) is 1.87. The van der Waals surface area contributed by atoms with Crippen molar-refractivity contribution in [1.82, 2.24) is 4.98 Å². The third kappa shape index (κ3) is 1.46. The van der Waals surface area contributed by atoms with Crippen LogP contribution in [0.15, 0.2) is 28.8 Å². The molecule has 0 saturated carbocycles. The van der Waals surface area contributed by atoms with Crippen molar-refractivity contribution in [1.29, 1.82) is 0 Å². The van der Waals surface area contributed by atoms with E-state index in [2.05, 4.69) is 4.98 Å². The molecule has 0 spiro atoms. The van der Waals surface area contributed by atoms with Crippen molar-refractivity contribution in [2.75, 3.05) is 5.73 Å². The molecule has 0 fully saturated rings. The molecule has 0 radical (unpaired) electrons. The van der Waals surface area contributed by atoms with Gasteiger partial charge in [-0.1, -0.05) is 0 Å². The predicted molar refractivity (Wildman–Crippen MR) is 51.0 cm³/mol. The van der Waals surface area contributed by atoms with Crippen LogP contribution in [-0.2, 0) is 0 Å². The second-order valence-corrected chi connectivity index (χ2v) is 3.01. The molecule has 2 N–H and O–H groups in total. The van der Waals surface area contributed by atoms with Gasteiger partial charge in [0.25, 0.3) is 0 Å². The first-order chi connectivity index (χ1) is 6.66. The lowest BCUT2D eigenvalue weighted by molar-refractivity contribution is 0.542. The monoisotopic (exact) mass is 192 g/mol. The van der Waals surface area contributed by atoms with E-state index < -0.39 is 0 Å². The molecule has 0 aliphatic carbocycles. The van der Waals surface area contributed by atoms with E-state index in [9.17, 15) is 4.39 Å². The van der Waals surface area contributed by atoms with Crippen molar-refractivity contribution >= 4 is 5.69 Å². The zero-order chi connectivity index (χ0) is 10.1. The van der Waals surface area contributed by atoms with E-state index in [1.165, 1.54) is 12.1 Å². The van der Waals surface area contributed by atoms with Crippen molar-refractivity contribution in [3.8, 4) is 11.5 Å². The second-order valence-electron chi connectivity index (χ2n) is 3.01. The summed E-state index contributed by atoms with van der Waals surface area (Å²) in [5.41, 5.74) is 6.56. The molecule has 0 bridgehead atoms. The van der Waals surface area contributed by atoms with Gasteiger partial charge in [-0.3, -0.25) is 0 Å². The van der Waals surface area contributed by atoms with Crippen molar-refractivity contribution in [2.45, 2.75) is 6.92 Å². The van der Waals surface area contributed by atoms with Gasteiger partial charge in [-0.2, -0.15) is 0 Å². The van der Waals surface area contributed by atoms with Gasteiger partial charge < -0.3 is 10.2 Å². The molecular formula is C10H9FN2O. The minimum atomic E-state index is -0.366. The van der Waals surface area contributed by atoms with Crippen LogP contribution in [0.2, 0.25) is 0 Å². The van der Waals surface area contributed by atoms with Gasteiger partial charge >= 0.3 is 0 Å². The molecule has 0 unspecified atom stereocenters. The maximum atomic E-state index is 12.7. The largest absolute Gasteiger partial charge is 0.441 e. The highest BCUT2D eigenvalue weighted by atomic mass is 19.1. The molecule has 72 valence electrons. The Labute approximate surface area is 80.4 Å². The number of hydrogen-bond donors (Lipinski definition) is 1. The molecule has 0 aliphatic rings. The first-order valence-corrected chi connectivity index (χ1v) is 4.14. The highest BCUT2D eigenvalue weighted by Gasteiger charge is 2.08. The highest BCUT2D eigenvalue weighted by Crippen LogP contribution is 2.25. The Morgan fingerprint density at radius 1 is 1.43 bits per heavy atom. The highest BCUT2D eigenvalue weighted by molar-refractivity contribution is 5.70. The summed E-state index contributed by atoms with van der Waals surface area (Å²) in [5, 5.41) is 0. The zero-order valence-electron chi connectivity index (χ0n) is 7.62. The number of nitrogen functional groups attached to an aromatic ring is 1. The first-order valence-electron chi connectivity index (χ1n) is 4.14. The lowest BCUT2D eigenvalue weighted by Crippen LogP contribution is -1.91. The Bertz CT molecular complexity index is 465. The Hall–Kier alpha value is -1.84. The molecule has 1 aromatic heterocycles. The Morgan fingerprint density at radius 2 is 2.21 bits per heavy atom. The van der Waals surface area contributed by atoms with Gasteiger partial charge in [0.05, 0.1) is 11.8 Å². The number of benzene rings is 1. The van der Waals surface area contributed by atoms with Crippen LogP contribution < -0.4 is 5.73 Å². The van der Waals surface area contributed by atoms with Gasteiger partial charge in [-0.25, -0.2) is 9.37 Å². The third-order valence-corrected chi connectivity index (χ3v) is 1.87. The van der Waals surface area contributed by atoms with Crippen LogP contribution >= 0.6 is 0 Å². The van der Waals surface area contributed by atoms with Gasteiger partial charge in [-0.15, -0.1) is 0 Å². The van der Waals surface area contributed by atoms with Crippen molar-refractivity contribution < 1.29 is 8.81 Å². The fourth-order valence-corrected chi connectivity index (χ4v) is 1.21. The van der Waals surface area contributed by atoms with Gasteiger partial charge in [0.1, 0.15) is 11.6 Å². The summed E-state index contributed by atoms with van der Waals surface area (Å²) in [5.74, 6) is 0.748. The minimum Gasteiger partial charge on any atom is -0.441 e. The number of anilines is 1. The van der Waals surface area contributed by atoms with Crippen LogP contribution in [0, 0.1) is 12.7 Å². The van der Waals surface area contributed by atoms with Crippen LogP contribution in [0.1, 0.15) is 5.76 Å². The van der Waals surface area contributed by atoms with E-state index in [1.807, 2.05) is 0 Å². The van der Waals surface area contributed by atoms with E-state index >= 15 is 0 Å². The van der Waals surface area contributed by atoms with E-state index in [0.717, 1.165) is 0 Å². The van der Waals surface area contributed by atoms with Crippen molar-refractivity contribution in [3.05, 3.63) is 36.0 Å². The average molecular weight is 192 g/mol. The minimum absolute atomic E-state index is 0.326. The molecule has 1 heterocycles. The van der Waals surface area contributed by atoms with Crippen LogP contribution in [0.25, 0.3) is 11.5 Å². The van der Waals surface area contributed by atoms with Crippen LogP contribution in [0.4, 0.5) is 10.1 Å². The molecule has 0 amide bonds. The molecule has 0 atom stereocenters. The second kappa shape index (κ2) is 3.14. The summed E-state index contributed by atoms with van der Waals surface area (Å²) in [6.45, 7) is 1.79. The fraction of sp³-hybridized carbons (Fsp3) is 0.100. The number of hydrogen-bond acceptors (Lipinski definition) is 3. The van der Waals surface area contributed by atoms with Gasteiger partial charge in [0.2, 0.25) is 5.89 Å². The Balaban J connectivity index is 2.52. The maximum absolute atomic E-state index is 12.7. The van der Waals surface area contributed by atoms with Crippen LogP contribution in [0.3, 0.4) is 0 Å². The number of halogens is 1. The Kier molecular flexibility index (Phi) is 1.96. The lowest BCUT2D eigenvalue weighted by Gasteiger charge is -2.00. The molecule has 4 heteroatoms. The Morgan fingerprint density at radius 3 is 2.79 bits per heavy atom. The number of nitrogens with zero attached hydrogens (tertiary/aromatic N) is 1. The van der Waals surface area contributed by atoms with E-state index in [4.69, 9.17) is 10.2 Å². The summed E-state index contributed by atoms with van der Waals surface area (Å²) in [7, 11) is 0. The standard InChI is InChI=1S/C10H9FN2O/c1-6-5-13-10(14-6)8-3-2-7(11)4-9(8)12/h2-5H,12H2,1H3.